The molecule has 1 nitrogen and oxygen atoms in total. The van der Waals surface area contributed by atoms with Crippen LogP contribution in [0.2, 0.25) is 0 Å². The highest BCUT2D eigenvalue weighted by atomic mass is 32.1. The van der Waals surface area contributed by atoms with Crippen molar-refractivity contribution in [1.29, 1.82) is 0 Å². The summed E-state index contributed by atoms with van der Waals surface area (Å²) in [6.45, 7) is 3.34. The van der Waals surface area contributed by atoms with Gasteiger partial charge >= 0.3 is 0 Å². The molecule has 1 aliphatic rings. The van der Waals surface area contributed by atoms with Gasteiger partial charge in [0.2, 0.25) is 0 Å². The van der Waals surface area contributed by atoms with Crippen LogP contribution in [0.3, 0.4) is 0 Å². The highest BCUT2D eigenvalue weighted by Gasteiger charge is 2.20. The maximum atomic E-state index is 3.73. The van der Waals surface area contributed by atoms with Gasteiger partial charge in [-0.3, -0.25) is 0 Å². The normalized spacial score (nSPS) is 17.3. The van der Waals surface area contributed by atoms with Gasteiger partial charge in [0.1, 0.15) is 0 Å². The molecule has 0 saturated carbocycles. The van der Waals surface area contributed by atoms with Crippen molar-refractivity contribution < 1.29 is 0 Å². The zero-order chi connectivity index (χ0) is 12.4. The van der Waals surface area contributed by atoms with Gasteiger partial charge in [-0.1, -0.05) is 18.6 Å². The highest BCUT2D eigenvalue weighted by molar-refractivity contribution is 7.27. The molecule has 3 heteroatoms. The molecule has 96 valence electrons. The van der Waals surface area contributed by atoms with Crippen molar-refractivity contribution in [1.82, 2.24) is 5.32 Å². The molecule has 1 atom stereocenters. The topological polar surface area (TPSA) is 12.0 Å². The number of nitrogens with one attached hydrogen (secondary N) is 1. The van der Waals surface area contributed by atoms with Crippen molar-refractivity contribution in [3.8, 4) is 0 Å². The van der Waals surface area contributed by atoms with Gasteiger partial charge in [-0.05, 0) is 49.7 Å². The average molecular weight is 277 g/mol. The molecule has 2 aromatic rings. The van der Waals surface area contributed by atoms with Gasteiger partial charge in [-0.2, -0.15) is 0 Å². The van der Waals surface area contributed by atoms with E-state index >= 15 is 0 Å². The number of allylic oxidation sites excluding steroid dienone is 1. The van der Waals surface area contributed by atoms with E-state index in [4.69, 9.17) is 0 Å². The standard InChI is InChI=1S/C15H19NS2/c1-2-8-16-15(11-5-3-4-6-11)14-10-13-12(18-14)7-9-17-13/h5,7,9-10,15-16H,2-4,6,8H2,1H3. The molecule has 0 fully saturated rings. The second-order valence-electron chi connectivity index (χ2n) is 4.86. The van der Waals surface area contributed by atoms with Crippen LogP contribution in [0.15, 0.2) is 29.2 Å². The largest absolute Gasteiger partial charge is 0.306 e. The molecule has 1 N–H and O–H groups in total. The van der Waals surface area contributed by atoms with Gasteiger partial charge in [0, 0.05) is 14.3 Å². The van der Waals surface area contributed by atoms with E-state index in [0.717, 1.165) is 6.54 Å². The first-order chi connectivity index (χ1) is 8.88. The monoisotopic (exact) mass is 277 g/mol. The van der Waals surface area contributed by atoms with Crippen LogP contribution in [-0.4, -0.2) is 6.54 Å². The lowest BCUT2D eigenvalue weighted by Gasteiger charge is -2.18. The van der Waals surface area contributed by atoms with E-state index in [1.54, 1.807) is 5.57 Å². The highest BCUT2D eigenvalue weighted by Crippen LogP contribution is 2.38. The number of thiophene rings is 2. The van der Waals surface area contributed by atoms with Crippen molar-refractivity contribution in [2.75, 3.05) is 6.54 Å². The maximum absolute atomic E-state index is 3.73. The molecule has 0 aliphatic heterocycles. The van der Waals surface area contributed by atoms with Crippen LogP contribution in [-0.2, 0) is 0 Å². The van der Waals surface area contributed by atoms with Crippen LogP contribution in [0.1, 0.15) is 43.5 Å². The van der Waals surface area contributed by atoms with Crippen LogP contribution in [0.4, 0.5) is 0 Å². The minimum Gasteiger partial charge on any atom is -0.306 e. The van der Waals surface area contributed by atoms with Gasteiger partial charge in [0.15, 0.2) is 0 Å². The number of hydrogen-bond donors (Lipinski definition) is 1. The molecule has 3 rings (SSSR count). The molecule has 18 heavy (non-hydrogen) atoms. The van der Waals surface area contributed by atoms with Crippen molar-refractivity contribution in [3.05, 3.63) is 34.0 Å². The van der Waals surface area contributed by atoms with Gasteiger partial charge in [0.25, 0.3) is 0 Å². The van der Waals surface area contributed by atoms with E-state index in [1.165, 1.54) is 40.0 Å². The van der Waals surface area contributed by atoms with Gasteiger partial charge in [0.05, 0.1) is 6.04 Å². The summed E-state index contributed by atoms with van der Waals surface area (Å²) in [4.78, 5) is 1.50. The molecule has 2 heterocycles. The Kier molecular flexibility index (Phi) is 3.83. The van der Waals surface area contributed by atoms with Crippen molar-refractivity contribution in [2.24, 2.45) is 0 Å². The van der Waals surface area contributed by atoms with Crippen molar-refractivity contribution in [2.45, 2.75) is 38.6 Å². The lowest BCUT2D eigenvalue weighted by Crippen LogP contribution is -2.22. The molecular weight excluding hydrogens is 258 g/mol. The summed E-state index contributed by atoms with van der Waals surface area (Å²) in [5, 5.41) is 5.91. The minimum absolute atomic E-state index is 0.469. The third-order valence-electron chi connectivity index (χ3n) is 3.49. The molecule has 1 unspecified atom stereocenters. The summed E-state index contributed by atoms with van der Waals surface area (Å²) in [6.07, 6.45) is 7.51. The first-order valence-electron chi connectivity index (χ1n) is 6.77. The Morgan fingerprint density at radius 1 is 1.39 bits per heavy atom. The lowest BCUT2D eigenvalue weighted by molar-refractivity contribution is 0.586. The number of hydrogen-bond acceptors (Lipinski definition) is 3. The summed E-state index contributed by atoms with van der Waals surface area (Å²) in [7, 11) is 0. The molecule has 0 bridgehead atoms. The minimum atomic E-state index is 0.469. The summed E-state index contributed by atoms with van der Waals surface area (Å²) in [5.74, 6) is 0. The Bertz CT molecular complexity index is 521. The Morgan fingerprint density at radius 2 is 2.33 bits per heavy atom. The van der Waals surface area contributed by atoms with Gasteiger partial charge in [-0.25, -0.2) is 0 Å². The zero-order valence-electron chi connectivity index (χ0n) is 10.7. The Hall–Kier alpha value is -0.640. The van der Waals surface area contributed by atoms with Crippen molar-refractivity contribution in [3.63, 3.8) is 0 Å². The Labute approximate surface area is 117 Å². The number of fused-ring (bicyclic) bond motifs is 1. The molecule has 0 saturated heterocycles. The molecule has 0 radical (unpaired) electrons. The van der Waals surface area contributed by atoms with Crippen LogP contribution >= 0.6 is 22.7 Å². The van der Waals surface area contributed by atoms with Crippen molar-refractivity contribution >= 4 is 32.1 Å². The average Bonchev–Trinajstić information content (AvgIpc) is 3.05. The quantitative estimate of drug-likeness (QED) is 0.748. The predicted octanol–water partition coefficient (Wildman–Crippen LogP) is 5.11. The van der Waals surface area contributed by atoms with E-state index in [1.807, 2.05) is 22.7 Å². The van der Waals surface area contributed by atoms with Crippen LogP contribution < -0.4 is 5.32 Å². The third-order valence-corrected chi connectivity index (χ3v) is 5.65. The van der Waals surface area contributed by atoms with Crippen LogP contribution in [0, 0.1) is 0 Å². The fraction of sp³-hybridized carbons (Fsp3) is 0.467. The predicted molar refractivity (Wildman–Crippen MR) is 82.7 cm³/mol. The Balaban J connectivity index is 1.89. The maximum Gasteiger partial charge on any atom is 0.0631 e. The van der Waals surface area contributed by atoms with Gasteiger partial charge in [-0.15, -0.1) is 22.7 Å². The third kappa shape index (κ3) is 2.40. The number of rotatable bonds is 5. The molecule has 1 aliphatic carbocycles. The lowest BCUT2D eigenvalue weighted by atomic mass is 10.0. The first-order valence-corrected chi connectivity index (χ1v) is 8.47. The van der Waals surface area contributed by atoms with Crippen LogP contribution in [0.5, 0.6) is 0 Å². The fourth-order valence-electron chi connectivity index (χ4n) is 2.59. The first kappa shape index (κ1) is 12.4. The second kappa shape index (κ2) is 5.55. The zero-order valence-corrected chi connectivity index (χ0v) is 12.4. The Morgan fingerprint density at radius 3 is 3.06 bits per heavy atom. The molecular formula is C15H19NS2. The summed E-state index contributed by atoms with van der Waals surface area (Å²) in [6, 6.07) is 5.10. The summed E-state index contributed by atoms with van der Waals surface area (Å²) >= 11 is 3.81. The van der Waals surface area contributed by atoms with E-state index in [0.29, 0.717) is 6.04 Å². The van der Waals surface area contributed by atoms with E-state index in [9.17, 15) is 0 Å². The van der Waals surface area contributed by atoms with E-state index in [-0.39, 0.29) is 0 Å². The summed E-state index contributed by atoms with van der Waals surface area (Å²) in [5.41, 5.74) is 1.61. The summed E-state index contributed by atoms with van der Waals surface area (Å²) < 4.78 is 2.88. The second-order valence-corrected chi connectivity index (χ2v) is 6.92. The van der Waals surface area contributed by atoms with Crippen LogP contribution in [0.25, 0.3) is 9.40 Å². The van der Waals surface area contributed by atoms with E-state index < -0.39 is 0 Å². The molecule has 0 spiro atoms. The molecule has 0 amide bonds. The van der Waals surface area contributed by atoms with E-state index in [2.05, 4.69) is 35.8 Å². The molecule has 2 aromatic heterocycles. The fourth-order valence-corrected chi connectivity index (χ4v) is 4.83. The van der Waals surface area contributed by atoms with Gasteiger partial charge < -0.3 is 5.32 Å². The SMILES string of the molecule is CCCNC(C1=CCCC1)c1cc2sccc2s1. The molecule has 0 aromatic carbocycles. The smallest absolute Gasteiger partial charge is 0.0631 e.